The number of nitrogens with zero attached hydrogens (tertiary/aromatic N) is 1. The van der Waals surface area contributed by atoms with Crippen molar-refractivity contribution in [1.29, 1.82) is 0 Å². The van der Waals surface area contributed by atoms with Crippen LogP contribution in [0.3, 0.4) is 0 Å². The zero-order valence-electron chi connectivity index (χ0n) is 11.6. The Labute approximate surface area is 127 Å². The molecule has 1 aromatic carbocycles. The molecule has 1 saturated carbocycles. The van der Waals surface area contributed by atoms with Gasteiger partial charge >= 0.3 is 0 Å². The van der Waals surface area contributed by atoms with E-state index in [1.807, 2.05) is 0 Å². The number of ether oxygens (including phenoxy) is 1. The molecule has 21 heavy (non-hydrogen) atoms. The lowest BCUT2D eigenvalue weighted by molar-refractivity contribution is 0.318. The van der Waals surface area contributed by atoms with E-state index in [2.05, 4.69) is 10.5 Å². The molecule has 0 saturated heterocycles. The summed E-state index contributed by atoms with van der Waals surface area (Å²) in [7, 11) is 1.54. The molecule has 0 aliphatic heterocycles. The minimum Gasteiger partial charge on any atom is -0.479 e. The number of rotatable bonds is 6. The summed E-state index contributed by atoms with van der Waals surface area (Å²) < 4.78 is 23.4. The lowest BCUT2D eigenvalue weighted by atomic mass is 10.0. The number of benzene rings is 1. The Balaban J connectivity index is 1.71. The molecule has 1 atom stereocenters. The van der Waals surface area contributed by atoms with Crippen molar-refractivity contribution in [3.05, 3.63) is 46.4 Å². The average molecular weight is 311 g/mol. The number of hydrogen-bond donors (Lipinski definition) is 1. The van der Waals surface area contributed by atoms with Gasteiger partial charge in [0.15, 0.2) is 5.76 Å². The van der Waals surface area contributed by atoms with Crippen molar-refractivity contribution in [2.45, 2.75) is 25.4 Å². The molecule has 3 rings (SSSR count). The van der Waals surface area contributed by atoms with Crippen molar-refractivity contribution in [2.24, 2.45) is 5.92 Å². The maximum absolute atomic E-state index is 13.3. The van der Waals surface area contributed by atoms with Gasteiger partial charge in [-0.15, -0.1) is 0 Å². The van der Waals surface area contributed by atoms with Crippen molar-refractivity contribution in [1.82, 2.24) is 10.5 Å². The third-order valence-corrected chi connectivity index (χ3v) is 3.93. The second kappa shape index (κ2) is 6.03. The minimum atomic E-state index is -0.394. The summed E-state index contributed by atoms with van der Waals surface area (Å²) in [4.78, 5) is 0. The van der Waals surface area contributed by atoms with Gasteiger partial charge < -0.3 is 14.6 Å². The Morgan fingerprint density at radius 1 is 1.48 bits per heavy atom. The zero-order valence-corrected chi connectivity index (χ0v) is 12.4. The SMILES string of the molecule is COc1cc(CN[C@H](c2ccc(F)c(Cl)c2)C2CC2)on1. The van der Waals surface area contributed by atoms with E-state index in [-0.39, 0.29) is 11.1 Å². The van der Waals surface area contributed by atoms with E-state index >= 15 is 0 Å². The first-order chi connectivity index (χ1) is 10.2. The van der Waals surface area contributed by atoms with Crippen LogP contribution in [0.15, 0.2) is 28.8 Å². The highest BCUT2D eigenvalue weighted by molar-refractivity contribution is 6.30. The molecule has 1 aromatic heterocycles. The zero-order chi connectivity index (χ0) is 14.8. The van der Waals surface area contributed by atoms with Gasteiger partial charge in [0, 0.05) is 12.1 Å². The van der Waals surface area contributed by atoms with E-state index < -0.39 is 5.82 Å². The van der Waals surface area contributed by atoms with Crippen LogP contribution in [0.1, 0.15) is 30.2 Å². The van der Waals surface area contributed by atoms with Crippen LogP contribution >= 0.6 is 11.6 Å². The molecule has 112 valence electrons. The summed E-state index contributed by atoms with van der Waals surface area (Å²) >= 11 is 5.87. The Bertz CT molecular complexity index is 628. The van der Waals surface area contributed by atoms with Gasteiger partial charge in [-0.1, -0.05) is 17.7 Å². The fraction of sp³-hybridized carbons (Fsp3) is 0.400. The third kappa shape index (κ3) is 3.36. The maximum atomic E-state index is 13.3. The minimum absolute atomic E-state index is 0.138. The van der Waals surface area contributed by atoms with Crippen molar-refractivity contribution in [3.8, 4) is 5.88 Å². The molecular formula is C15H16ClFN2O2. The maximum Gasteiger partial charge on any atom is 0.254 e. The lowest BCUT2D eigenvalue weighted by Crippen LogP contribution is -2.22. The van der Waals surface area contributed by atoms with Crippen LogP contribution in [0, 0.1) is 11.7 Å². The highest BCUT2D eigenvalue weighted by Gasteiger charge is 2.32. The van der Waals surface area contributed by atoms with Gasteiger partial charge in [0.25, 0.3) is 5.88 Å². The molecule has 0 radical (unpaired) electrons. The van der Waals surface area contributed by atoms with E-state index in [0.717, 1.165) is 18.4 Å². The topological polar surface area (TPSA) is 47.3 Å². The summed E-state index contributed by atoms with van der Waals surface area (Å²) in [6, 6.07) is 6.76. The Morgan fingerprint density at radius 3 is 2.90 bits per heavy atom. The van der Waals surface area contributed by atoms with Crippen LogP contribution in [0.5, 0.6) is 5.88 Å². The van der Waals surface area contributed by atoms with Crippen LogP contribution in [0.4, 0.5) is 4.39 Å². The molecule has 0 unspecified atom stereocenters. The summed E-state index contributed by atoms with van der Waals surface area (Å²) in [5.74, 6) is 1.32. The second-order valence-corrected chi connectivity index (χ2v) is 5.61. The first-order valence-electron chi connectivity index (χ1n) is 6.85. The van der Waals surface area contributed by atoms with Gasteiger partial charge in [0.2, 0.25) is 0 Å². The molecule has 4 nitrogen and oxygen atoms in total. The van der Waals surface area contributed by atoms with Crippen molar-refractivity contribution < 1.29 is 13.7 Å². The second-order valence-electron chi connectivity index (χ2n) is 5.21. The standard InChI is InChI=1S/C15H16ClFN2O2/c1-20-14-7-11(21-19-14)8-18-15(9-2-3-9)10-4-5-13(17)12(16)6-10/h4-7,9,15,18H,2-3,8H2,1H3/t15-/m0/s1. The number of hydrogen-bond acceptors (Lipinski definition) is 4. The Morgan fingerprint density at radius 2 is 2.29 bits per heavy atom. The van der Waals surface area contributed by atoms with Gasteiger partial charge in [-0.05, 0) is 41.6 Å². The fourth-order valence-electron chi connectivity index (χ4n) is 2.38. The van der Waals surface area contributed by atoms with Crippen LogP contribution < -0.4 is 10.1 Å². The largest absolute Gasteiger partial charge is 0.479 e. The van der Waals surface area contributed by atoms with Crippen LogP contribution in [0.2, 0.25) is 5.02 Å². The van der Waals surface area contributed by atoms with Gasteiger partial charge in [0.1, 0.15) is 5.82 Å². The molecule has 6 heteroatoms. The quantitative estimate of drug-likeness (QED) is 0.883. The highest BCUT2D eigenvalue weighted by atomic mass is 35.5. The highest BCUT2D eigenvalue weighted by Crippen LogP contribution is 2.41. The summed E-state index contributed by atoms with van der Waals surface area (Å²) in [6.45, 7) is 0.534. The Kier molecular flexibility index (Phi) is 4.12. The molecule has 2 aromatic rings. The van der Waals surface area contributed by atoms with Crippen LogP contribution in [-0.2, 0) is 6.54 Å². The smallest absolute Gasteiger partial charge is 0.254 e. The van der Waals surface area contributed by atoms with Gasteiger partial charge in [-0.25, -0.2) is 4.39 Å². The molecule has 1 N–H and O–H groups in total. The predicted molar refractivity (Wildman–Crippen MR) is 76.8 cm³/mol. The lowest BCUT2D eigenvalue weighted by Gasteiger charge is -2.18. The number of nitrogens with one attached hydrogen (secondary N) is 1. The van der Waals surface area contributed by atoms with E-state index in [1.54, 1.807) is 25.3 Å². The first kappa shape index (κ1) is 14.4. The van der Waals surface area contributed by atoms with E-state index in [1.165, 1.54) is 6.07 Å². The third-order valence-electron chi connectivity index (χ3n) is 3.64. The van der Waals surface area contributed by atoms with Crippen LogP contribution in [0.25, 0.3) is 0 Å². The molecule has 1 fully saturated rings. The molecule has 1 heterocycles. The van der Waals surface area contributed by atoms with Crippen LogP contribution in [-0.4, -0.2) is 12.3 Å². The summed E-state index contributed by atoms with van der Waals surface area (Å²) in [6.07, 6.45) is 2.32. The van der Waals surface area contributed by atoms with Gasteiger partial charge in [-0.2, -0.15) is 0 Å². The fourth-order valence-corrected chi connectivity index (χ4v) is 2.57. The van der Waals surface area contributed by atoms with Crippen molar-refractivity contribution in [2.75, 3.05) is 7.11 Å². The molecule has 1 aliphatic rings. The van der Waals surface area contributed by atoms with Gasteiger partial charge in [0.05, 0.1) is 18.7 Å². The number of methoxy groups -OCH3 is 1. The summed E-state index contributed by atoms with van der Waals surface area (Å²) in [5.41, 5.74) is 0.996. The van der Waals surface area contributed by atoms with Crippen molar-refractivity contribution >= 4 is 11.6 Å². The van der Waals surface area contributed by atoms with E-state index in [9.17, 15) is 4.39 Å². The van der Waals surface area contributed by atoms with E-state index in [4.69, 9.17) is 20.9 Å². The number of halogens is 2. The molecule has 0 spiro atoms. The normalized spacial score (nSPS) is 16.0. The van der Waals surface area contributed by atoms with E-state index in [0.29, 0.717) is 24.1 Å². The summed E-state index contributed by atoms with van der Waals surface area (Å²) in [5, 5.41) is 7.35. The first-order valence-corrected chi connectivity index (χ1v) is 7.23. The monoisotopic (exact) mass is 310 g/mol. The Hall–Kier alpha value is -1.59. The van der Waals surface area contributed by atoms with Gasteiger partial charge in [-0.3, -0.25) is 0 Å². The predicted octanol–water partition coefficient (Wildman–Crippen LogP) is 3.72. The van der Waals surface area contributed by atoms with Crippen molar-refractivity contribution in [3.63, 3.8) is 0 Å². The molecule has 1 aliphatic carbocycles. The number of aromatic nitrogens is 1. The molecular weight excluding hydrogens is 295 g/mol. The average Bonchev–Trinajstić information content (AvgIpc) is 3.21. The molecule has 0 amide bonds. The molecule has 0 bridgehead atoms.